The first kappa shape index (κ1) is 26.5. The average molecular weight is 430 g/mol. The molecule has 0 aliphatic heterocycles. The summed E-state index contributed by atoms with van der Waals surface area (Å²) in [5.41, 5.74) is 5.89. The second kappa shape index (κ2) is 12.4. The Bertz CT molecular complexity index is 931. The number of allylic oxidation sites excluding steroid dienone is 6. The minimum atomic E-state index is -0.456. The summed E-state index contributed by atoms with van der Waals surface area (Å²) in [6.07, 6.45) is 9.35. The molecule has 5 heteroatoms. The van der Waals surface area contributed by atoms with Crippen LogP contribution in [0.2, 0.25) is 0 Å². The third-order valence-corrected chi connectivity index (χ3v) is 5.51. The second-order valence-corrected chi connectivity index (χ2v) is 8.29. The molecule has 0 fully saturated rings. The summed E-state index contributed by atoms with van der Waals surface area (Å²) in [6, 6.07) is 0. The first-order valence-electron chi connectivity index (χ1n) is 10.7. The van der Waals surface area contributed by atoms with Crippen LogP contribution in [0, 0.1) is 12.8 Å². The van der Waals surface area contributed by atoms with Crippen molar-refractivity contribution in [2.75, 3.05) is 14.2 Å². The van der Waals surface area contributed by atoms with E-state index in [2.05, 4.69) is 44.0 Å². The van der Waals surface area contributed by atoms with E-state index in [9.17, 15) is 9.90 Å². The van der Waals surface area contributed by atoms with Crippen molar-refractivity contribution >= 4 is 0 Å². The minimum Gasteiger partial charge on any atom is -0.488 e. The molecule has 1 rings (SSSR count). The summed E-state index contributed by atoms with van der Waals surface area (Å²) >= 11 is 0. The van der Waals surface area contributed by atoms with Gasteiger partial charge in [0.2, 0.25) is 17.1 Å². The number of methoxy groups -OCH3 is 2. The fourth-order valence-electron chi connectivity index (χ4n) is 3.60. The molecule has 172 valence electrons. The Morgan fingerprint density at radius 1 is 1.13 bits per heavy atom. The summed E-state index contributed by atoms with van der Waals surface area (Å²) in [6.45, 7) is 14.0. The smallest absolute Gasteiger partial charge is 0.238 e. The van der Waals surface area contributed by atoms with Crippen molar-refractivity contribution < 1.29 is 14.6 Å². The lowest BCUT2D eigenvalue weighted by Gasteiger charge is -2.17. The van der Waals surface area contributed by atoms with E-state index in [0.717, 1.165) is 23.3 Å². The fraction of sp³-hybridized carbons (Fsp3) is 0.500. The van der Waals surface area contributed by atoms with E-state index >= 15 is 0 Å². The predicted octanol–water partition coefficient (Wildman–Crippen LogP) is 5.44. The molecule has 0 saturated heterocycles. The number of aromatic nitrogens is 1. The standard InChI is InChI=1S/C26H39NO4/c1-10-19(5)23(28)20(6)15-18(4)14-17(3)13-16(2)11-12-22-21(7)24(29)25(30-8)26(27-22)31-9/h10-11,14-15,20,23,28H,12-13H2,1-9H3,(H,27,29)/b16-11+,17-14+,18-15+,19-10+. The van der Waals surface area contributed by atoms with Crippen LogP contribution in [0.4, 0.5) is 0 Å². The number of rotatable bonds is 10. The van der Waals surface area contributed by atoms with Gasteiger partial charge < -0.3 is 19.6 Å². The molecule has 31 heavy (non-hydrogen) atoms. The van der Waals surface area contributed by atoms with Gasteiger partial charge in [0.1, 0.15) is 0 Å². The third kappa shape index (κ3) is 7.59. The molecule has 0 saturated carbocycles. The highest BCUT2D eigenvalue weighted by Crippen LogP contribution is 2.23. The summed E-state index contributed by atoms with van der Waals surface area (Å²) in [5, 5.41) is 10.3. The van der Waals surface area contributed by atoms with Crippen molar-refractivity contribution in [2.45, 2.75) is 67.4 Å². The van der Waals surface area contributed by atoms with Crippen LogP contribution in [0.25, 0.3) is 0 Å². The third-order valence-electron chi connectivity index (χ3n) is 5.51. The van der Waals surface area contributed by atoms with E-state index in [1.807, 2.05) is 26.8 Å². The van der Waals surface area contributed by atoms with Gasteiger partial charge in [-0.2, -0.15) is 0 Å². The number of aromatic amines is 1. The van der Waals surface area contributed by atoms with Gasteiger partial charge in [-0.1, -0.05) is 47.9 Å². The molecule has 0 radical (unpaired) electrons. The van der Waals surface area contributed by atoms with Crippen LogP contribution in [-0.4, -0.2) is 30.4 Å². The maximum absolute atomic E-state index is 12.5. The van der Waals surface area contributed by atoms with E-state index in [0.29, 0.717) is 17.9 Å². The number of ether oxygens (including phenoxy) is 2. The van der Waals surface area contributed by atoms with E-state index in [1.54, 1.807) is 6.92 Å². The molecular formula is C26H39NO4. The predicted molar refractivity (Wildman–Crippen MR) is 129 cm³/mol. The van der Waals surface area contributed by atoms with Crippen LogP contribution in [-0.2, 0) is 6.42 Å². The minimum absolute atomic E-state index is 0.0572. The Morgan fingerprint density at radius 2 is 1.77 bits per heavy atom. The van der Waals surface area contributed by atoms with Crippen LogP contribution in [0.15, 0.2) is 51.4 Å². The van der Waals surface area contributed by atoms with Crippen LogP contribution in [0.1, 0.15) is 59.2 Å². The highest BCUT2D eigenvalue weighted by Gasteiger charge is 2.15. The number of aliphatic hydroxyl groups is 1. The molecule has 2 atom stereocenters. The van der Waals surface area contributed by atoms with Crippen molar-refractivity contribution in [3.8, 4) is 11.6 Å². The van der Waals surface area contributed by atoms with E-state index in [4.69, 9.17) is 9.47 Å². The van der Waals surface area contributed by atoms with E-state index in [1.165, 1.54) is 25.4 Å². The molecule has 1 aromatic rings. The first-order valence-corrected chi connectivity index (χ1v) is 10.7. The van der Waals surface area contributed by atoms with Crippen molar-refractivity contribution in [1.82, 2.24) is 4.98 Å². The Labute approximate surface area is 187 Å². The molecule has 0 aliphatic carbocycles. The highest BCUT2D eigenvalue weighted by molar-refractivity contribution is 5.40. The molecule has 2 unspecified atom stereocenters. The molecule has 5 nitrogen and oxygen atoms in total. The lowest BCUT2D eigenvalue weighted by atomic mass is 9.95. The largest absolute Gasteiger partial charge is 0.488 e. The fourth-order valence-corrected chi connectivity index (χ4v) is 3.60. The van der Waals surface area contributed by atoms with Gasteiger partial charge in [-0.15, -0.1) is 0 Å². The summed E-state index contributed by atoms with van der Waals surface area (Å²) < 4.78 is 10.4. The van der Waals surface area contributed by atoms with Crippen LogP contribution < -0.4 is 14.9 Å². The van der Waals surface area contributed by atoms with Gasteiger partial charge in [0.25, 0.3) is 0 Å². The van der Waals surface area contributed by atoms with Gasteiger partial charge in [0.15, 0.2) is 0 Å². The SMILES string of the molecule is C/C=C(\C)C(O)C(C)/C=C(C)/C=C(\C)C/C(C)=C/Cc1[nH]c(OC)c(OC)c(=O)c1C. The maximum atomic E-state index is 12.5. The van der Waals surface area contributed by atoms with Crippen molar-refractivity contribution in [2.24, 2.45) is 5.92 Å². The molecule has 2 N–H and O–H groups in total. The molecule has 0 bridgehead atoms. The molecule has 0 aliphatic rings. The highest BCUT2D eigenvalue weighted by atomic mass is 16.5. The zero-order valence-electron chi connectivity index (χ0n) is 20.6. The Hall–Kier alpha value is -2.53. The summed E-state index contributed by atoms with van der Waals surface area (Å²) in [5.74, 6) is 0.608. The number of nitrogens with one attached hydrogen (secondary N) is 1. The van der Waals surface area contributed by atoms with Gasteiger partial charge in [-0.3, -0.25) is 4.79 Å². The Balaban J connectivity index is 2.92. The quantitative estimate of drug-likeness (QED) is 0.384. The van der Waals surface area contributed by atoms with Crippen molar-refractivity contribution in [3.05, 3.63) is 68.1 Å². The van der Waals surface area contributed by atoms with Crippen LogP contribution in [0.3, 0.4) is 0 Å². The monoisotopic (exact) mass is 429 g/mol. The van der Waals surface area contributed by atoms with Gasteiger partial charge in [0, 0.05) is 23.6 Å². The van der Waals surface area contributed by atoms with E-state index in [-0.39, 0.29) is 17.1 Å². The van der Waals surface area contributed by atoms with Gasteiger partial charge in [0.05, 0.1) is 20.3 Å². The topological polar surface area (TPSA) is 71.6 Å². The molecule has 0 aromatic carbocycles. The van der Waals surface area contributed by atoms with Crippen molar-refractivity contribution in [1.29, 1.82) is 0 Å². The molecule has 1 heterocycles. The number of hydrogen-bond donors (Lipinski definition) is 2. The number of hydrogen-bond acceptors (Lipinski definition) is 4. The van der Waals surface area contributed by atoms with Gasteiger partial charge in [-0.25, -0.2) is 0 Å². The molecule has 0 amide bonds. The zero-order valence-corrected chi connectivity index (χ0v) is 20.6. The summed E-state index contributed by atoms with van der Waals surface area (Å²) in [4.78, 5) is 15.6. The summed E-state index contributed by atoms with van der Waals surface area (Å²) in [7, 11) is 2.97. The van der Waals surface area contributed by atoms with Crippen LogP contribution >= 0.6 is 0 Å². The van der Waals surface area contributed by atoms with E-state index < -0.39 is 6.10 Å². The van der Waals surface area contributed by atoms with Gasteiger partial charge in [-0.05, 0) is 53.5 Å². The molecule has 1 aromatic heterocycles. The normalized spacial score (nSPS) is 15.7. The van der Waals surface area contributed by atoms with Crippen molar-refractivity contribution in [3.63, 3.8) is 0 Å². The number of H-pyrrole nitrogens is 1. The zero-order chi connectivity index (χ0) is 23.7. The molecular weight excluding hydrogens is 390 g/mol. The van der Waals surface area contributed by atoms with Gasteiger partial charge >= 0.3 is 0 Å². The second-order valence-electron chi connectivity index (χ2n) is 8.29. The molecule has 0 spiro atoms. The Morgan fingerprint density at radius 3 is 2.32 bits per heavy atom. The Kier molecular flexibility index (Phi) is 10.6. The lowest BCUT2D eigenvalue weighted by molar-refractivity contribution is 0.173. The lowest BCUT2D eigenvalue weighted by Crippen LogP contribution is -2.17. The number of pyridine rings is 1. The van der Waals surface area contributed by atoms with Crippen LogP contribution in [0.5, 0.6) is 11.6 Å². The first-order chi connectivity index (χ1) is 14.5. The maximum Gasteiger partial charge on any atom is 0.238 e. The average Bonchev–Trinajstić information content (AvgIpc) is 2.72. The number of aliphatic hydroxyl groups excluding tert-OH is 1.